The number of hydrogen-bond acceptors (Lipinski definition) is 2. The zero-order valence-corrected chi connectivity index (χ0v) is 9.43. The van der Waals surface area contributed by atoms with Crippen LogP contribution < -0.4 is 0 Å². The van der Waals surface area contributed by atoms with E-state index in [0.717, 1.165) is 5.56 Å². The number of ether oxygens (including phenoxy) is 1. The quantitative estimate of drug-likeness (QED) is 0.733. The van der Waals surface area contributed by atoms with E-state index in [2.05, 4.69) is 6.58 Å². The molecular formula is C13H14FNO2. The van der Waals surface area contributed by atoms with Gasteiger partial charge < -0.3 is 9.64 Å². The van der Waals surface area contributed by atoms with Gasteiger partial charge in [0.1, 0.15) is 11.9 Å². The lowest BCUT2D eigenvalue weighted by atomic mass is 10.1. The minimum Gasteiger partial charge on any atom is -0.370 e. The Morgan fingerprint density at radius 1 is 1.47 bits per heavy atom. The Labute approximate surface area is 99.5 Å². The number of benzene rings is 1. The molecule has 1 heterocycles. The lowest BCUT2D eigenvalue weighted by molar-refractivity contribution is -0.133. The van der Waals surface area contributed by atoms with Crippen molar-refractivity contribution < 1.29 is 13.9 Å². The largest absolute Gasteiger partial charge is 0.370 e. The molecule has 90 valence electrons. The van der Waals surface area contributed by atoms with Crippen LogP contribution in [-0.2, 0) is 9.53 Å². The average Bonchev–Trinajstić information content (AvgIpc) is 2.39. The van der Waals surface area contributed by atoms with E-state index in [9.17, 15) is 9.18 Å². The summed E-state index contributed by atoms with van der Waals surface area (Å²) in [6.45, 7) is 5.01. The lowest BCUT2D eigenvalue weighted by Crippen LogP contribution is -2.41. The molecule has 1 amide bonds. The second kappa shape index (κ2) is 5.10. The first-order chi connectivity index (χ1) is 8.20. The van der Waals surface area contributed by atoms with E-state index in [1.54, 1.807) is 17.0 Å². The summed E-state index contributed by atoms with van der Waals surface area (Å²) in [7, 11) is 0. The number of carbonyl (C=O) groups is 1. The Morgan fingerprint density at radius 3 is 2.82 bits per heavy atom. The highest BCUT2D eigenvalue weighted by atomic mass is 19.1. The molecule has 4 heteroatoms. The molecule has 0 bridgehead atoms. The monoisotopic (exact) mass is 235 g/mol. The van der Waals surface area contributed by atoms with Crippen LogP contribution in [-0.4, -0.2) is 30.5 Å². The van der Waals surface area contributed by atoms with Gasteiger partial charge in [-0.3, -0.25) is 4.79 Å². The van der Waals surface area contributed by atoms with Gasteiger partial charge in [0.2, 0.25) is 5.91 Å². The molecule has 1 fully saturated rings. The predicted molar refractivity (Wildman–Crippen MR) is 61.9 cm³/mol. The number of morpholine rings is 1. The maximum absolute atomic E-state index is 12.8. The summed E-state index contributed by atoms with van der Waals surface area (Å²) in [5, 5.41) is 0. The van der Waals surface area contributed by atoms with Crippen molar-refractivity contribution >= 4 is 5.91 Å². The first-order valence-electron chi connectivity index (χ1n) is 5.49. The minimum absolute atomic E-state index is 0.0968. The molecule has 17 heavy (non-hydrogen) atoms. The average molecular weight is 235 g/mol. The number of carbonyl (C=O) groups excluding carboxylic acids is 1. The Kier molecular flexibility index (Phi) is 3.54. The van der Waals surface area contributed by atoms with E-state index >= 15 is 0 Å². The fourth-order valence-electron chi connectivity index (χ4n) is 1.86. The molecule has 0 radical (unpaired) electrons. The smallest absolute Gasteiger partial charge is 0.246 e. The number of halogens is 1. The van der Waals surface area contributed by atoms with Crippen LogP contribution in [0.3, 0.4) is 0 Å². The predicted octanol–water partition coefficient (Wildman–Crippen LogP) is 1.91. The van der Waals surface area contributed by atoms with Gasteiger partial charge in [0.05, 0.1) is 13.2 Å². The Balaban J connectivity index is 2.09. The number of nitrogens with zero attached hydrogens (tertiary/aromatic N) is 1. The highest BCUT2D eigenvalue weighted by Gasteiger charge is 2.23. The van der Waals surface area contributed by atoms with E-state index in [4.69, 9.17) is 4.74 Å². The molecule has 1 atom stereocenters. The van der Waals surface area contributed by atoms with E-state index < -0.39 is 0 Å². The highest BCUT2D eigenvalue weighted by Crippen LogP contribution is 2.22. The van der Waals surface area contributed by atoms with Crippen molar-refractivity contribution in [1.82, 2.24) is 4.90 Å². The van der Waals surface area contributed by atoms with Crippen molar-refractivity contribution in [3.8, 4) is 0 Å². The molecule has 3 nitrogen and oxygen atoms in total. The number of hydrogen-bond donors (Lipinski definition) is 0. The molecule has 0 saturated carbocycles. The van der Waals surface area contributed by atoms with Crippen LogP contribution in [0.1, 0.15) is 11.7 Å². The van der Waals surface area contributed by atoms with E-state index in [0.29, 0.717) is 19.7 Å². The third-order valence-electron chi connectivity index (χ3n) is 2.79. The topological polar surface area (TPSA) is 29.5 Å². The van der Waals surface area contributed by atoms with E-state index in [-0.39, 0.29) is 17.8 Å². The molecule has 0 aromatic heterocycles. The van der Waals surface area contributed by atoms with Crippen LogP contribution in [0, 0.1) is 5.82 Å². The fraction of sp³-hybridized carbons (Fsp3) is 0.308. The minimum atomic E-state index is -0.274. The Hall–Kier alpha value is -1.68. The van der Waals surface area contributed by atoms with Crippen molar-refractivity contribution in [3.05, 3.63) is 48.3 Å². The maximum Gasteiger partial charge on any atom is 0.246 e. The number of rotatable bonds is 2. The summed E-state index contributed by atoms with van der Waals surface area (Å²) < 4.78 is 18.4. The molecule has 1 unspecified atom stereocenters. The summed E-state index contributed by atoms with van der Waals surface area (Å²) in [5.41, 5.74) is 0.882. The summed E-state index contributed by atoms with van der Waals surface area (Å²) in [4.78, 5) is 13.2. The van der Waals surface area contributed by atoms with Crippen LogP contribution in [0.5, 0.6) is 0 Å². The van der Waals surface area contributed by atoms with Crippen LogP contribution in [0.25, 0.3) is 0 Å². The molecule has 0 aliphatic carbocycles. The van der Waals surface area contributed by atoms with Gasteiger partial charge in [-0.25, -0.2) is 4.39 Å². The van der Waals surface area contributed by atoms with Crippen LogP contribution in [0.4, 0.5) is 4.39 Å². The van der Waals surface area contributed by atoms with Gasteiger partial charge >= 0.3 is 0 Å². The van der Waals surface area contributed by atoms with Crippen LogP contribution in [0.15, 0.2) is 36.9 Å². The lowest BCUT2D eigenvalue weighted by Gasteiger charge is -2.32. The molecule has 1 aromatic rings. The Bertz CT molecular complexity index is 416. The number of amides is 1. The second-order valence-electron chi connectivity index (χ2n) is 3.90. The third kappa shape index (κ3) is 2.71. The van der Waals surface area contributed by atoms with Gasteiger partial charge in [0.15, 0.2) is 0 Å². The zero-order chi connectivity index (χ0) is 12.3. The zero-order valence-electron chi connectivity index (χ0n) is 9.43. The molecule has 2 rings (SSSR count). The second-order valence-corrected chi connectivity index (χ2v) is 3.90. The van der Waals surface area contributed by atoms with Crippen molar-refractivity contribution in [3.63, 3.8) is 0 Å². The standard InChI is InChI=1S/C13H14FNO2/c1-2-13(16)15-7-8-17-12(9-15)10-3-5-11(14)6-4-10/h2-6,12H,1,7-9H2. The van der Waals surface area contributed by atoms with Crippen molar-refractivity contribution in [1.29, 1.82) is 0 Å². The van der Waals surface area contributed by atoms with E-state index in [1.165, 1.54) is 18.2 Å². The maximum atomic E-state index is 12.8. The van der Waals surface area contributed by atoms with E-state index in [1.807, 2.05) is 0 Å². The van der Waals surface area contributed by atoms with Gasteiger partial charge in [0, 0.05) is 6.54 Å². The SMILES string of the molecule is C=CC(=O)N1CCOC(c2ccc(F)cc2)C1. The highest BCUT2D eigenvalue weighted by molar-refractivity contribution is 5.87. The fourth-order valence-corrected chi connectivity index (χ4v) is 1.86. The first-order valence-corrected chi connectivity index (χ1v) is 5.49. The third-order valence-corrected chi connectivity index (χ3v) is 2.79. The molecule has 0 N–H and O–H groups in total. The van der Waals surface area contributed by atoms with Crippen molar-refractivity contribution in [2.24, 2.45) is 0 Å². The van der Waals surface area contributed by atoms with Crippen molar-refractivity contribution in [2.45, 2.75) is 6.10 Å². The molecule has 1 aromatic carbocycles. The summed E-state index contributed by atoms with van der Waals surface area (Å²) in [6, 6.07) is 6.16. The molecule has 1 saturated heterocycles. The van der Waals surface area contributed by atoms with Crippen LogP contribution in [0.2, 0.25) is 0 Å². The van der Waals surface area contributed by atoms with Gasteiger partial charge in [-0.2, -0.15) is 0 Å². The normalized spacial score (nSPS) is 20.1. The molecule has 0 spiro atoms. The van der Waals surface area contributed by atoms with Gasteiger partial charge in [0.25, 0.3) is 0 Å². The van der Waals surface area contributed by atoms with Gasteiger partial charge in [-0.05, 0) is 23.8 Å². The van der Waals surface area contributed by atoms with Crippen molar-refractivity contribution in [2.75, 3.05) is 19.7 Å². The molecule has 1 aliphatic rings. The molecular weight excluding hydrogens is 221 g/mol. The van der Waals surface area contributed by atoms with Gasteiger partial charge in [-0.15, -0.1) is 0 Å². The summed E-state index contributed by atoms with van der Waals surface area (Å²) in [6.07, 6.45) is 1.11. The van der Waals surface area contributed by atoms with Crippen LogP contribution >= 0.6 is 0 Å². The van der Waals surface area contributed by atoms with Gasteiger partial charge in [-0.1, -0.05) is 18.7 Å². The summed E-state index contributed by atoms with van der Waals surface area (Å²) >= 11 is 0. The molecule has 1 aliphatic heterocycles. The first kappa shape index (κ1) is 11.8. The Morgan fingerprint density at radius 2 is 2.18 bits per heavy atom. The summed E-state index contributed by atoms with van der Waals surface area (Å²) in [5.74, 6) is -0.371.